The van der Waals surface area contributed by atoms with Crippen molar-refractivity contribution in [1.82, 2.24) is 14.8 Å². The van der Waals surface area contributed by atoms with Crippen molar-refractivity contribution >= 4 is 32.6 Å². The number of nitrogens with zero attached hydrogens (tertiary/aromatic N) is 3. The van der Waals surface area contributed by atoms with Gasteiger partial charge in [-0.2, -0.15) is 0 Å². The van der Waals surface area contributed by atoms with E-state index in [0.29, 0.717) is 23.8 Å². The fourth-order valence-electron chi connectivity index (χ4n) is 4.02. The van der Waals surface area contributed by atoms with E-state index < -0.39 is 0 Å². The highest BCUT2D eigenvalue weighted by Gasteiger charge is 2.37. The van der Waals surface area contributed by atoms with Crippen LogP contribution in [0.3, 0.4) is 0 Å². The first-order valence-corrected chi connectivity index (χ1v) is 10.5. The van der Waals surface area contributed by atoms with Gasteiger partial charge >= 0.3 is 0 Å². The highest BCUT2D eigenvalue weighted by molar-refractivity contribution is 7.22. The minimum Gasteiger partial charge on any atom is -0.375 e. The molecule has 2 aromatic carbocycles. The molecule has 1 saturated heterocycles. The molecule has 6 nitrogen and oxygen atoms in total. The van der Waals surface area contributed by atoms with E-state index in [-0.39, 0.29) is 18.1 Å². The molecule has 3 aromatic rings. The fraction of sp³-hybridized carbons (Fsp3) is 0.364. The van der Waals surface area contributed by atoms with Crippen LogP contribution < -0.4 is 5.73 Å². The lowest BCUT2D eigenvalue weighted by Gasteiger charge is -2.42. The highest BCUT2D eigenvalue weighted by Crippen LogP contribution is 2.33. The van der Waals surface area contributed by atoms with Gasteiger partial charge in [0.05, 0.1) is 29.0 Å². The van der Waals surface area contributed by atoms with Crippen molar-refractivity contribution in [1.29, 1.82) is 0 Å². The molecular weight excluding hydrogens is 384 g/mol. The number of morpholine rings is 1. The second kappa shape index (κ2) is 8.10. The Morgan fingerprint density at radius 2 is 2.07 bits per heavy atom. The lowest BCUT2D eigenvalue weighted by Crippen LogP contribution is -2.51. The predicted octanol–water partition coefficient (Wildman–Crippen LogP) is 3.33. The zero-order valence-corrected chi connectivity index (χ0v) is 17.8. The van der Waals surface area contributed by atoms with Crippen molar-refractivity contribution in [3.63, 3.8) is 0 Å². The molecule has 2 heterocycles. The van der Waals surface area contributed by atoms with Crippen molar-refractivity contribution in [3.8, 4) is 0 Å². The summed E-state index contributed by atoms with van der Waals surface area (Å²) in [7, 11) is 4.05. The van der Waals surface area contributed by atoms with Crippen LogP contribution in [0.4, 0.5) is 5.13 Å². The first kappa shape index (κ1) is 19.8. The average molecular weight is 411 g/mol. The number of nitrogen functional groups attached to an aromatic ring is 1. The molecule has 0 bridgehead atoms. The van der Waals surface area contributed by atoms with Crippen LogP contribution in [0, 0.1) is 6.92 Å². The first-order chi connectivity index (χ1) is 13.9. The summed E-state index contributed by atoms with van der Waals surface area (Å²) in [6, 6.07) is 13.8. The number of rotatable bonds is 4. The van der Waals surface area contributed by atoms with Crippen LogP contribution in [0.25, 0.3) is 10.2 Å². The number of carbonyl (C=O) groups is 1. The second-order valence-corrected chi connectivity index (χ2v) is 8.78. The number of likely N-dealkylation sites (N-methyl/N-ethyl adjacent to an activating group) is 1. The van der Waals surface area contributed by atoms with Crippen molar-refractivity contribution < 1.29 is 9.53 Å². The van der Waals surface area contributed by atoms with Crippen molar-refractivity contribution in [2.45, 2.75) is 19.1 Å². The van der Waals surface area contributed by atoms with Gasteiger partial charge in [0, 0.05) is 18.7 Å². The molecule has 0 radical (unpaired) electrons. The quantitative estimate of drug-likeness (QED) is 0.714. The molecule has 29 heavy (non-hydrogen) atoms. The van der Waals surface area contributed by atoms with Crippen LogP contribution in [-0.4, -0.2) is 60.6 Å². The Morgan fingerprint density at radius 1 is 1.31 bits per heavy atom. The fourth-order valence-corrected chi connectivity index (χ4v) is 4.87. The van der Waals surface area contributed by atoms with Crippen molar-refractivity contribution in [2.75, 3.05) is 39.5 Å². The SMILES string of the molecule is Cc1cc(C(=O)N2CCO[C@@H](CN(C)C)[C@@H]2c2ccccc2)cc2sc(N)nc12. The van der Waals surface area contributed by atoms with Gasteiger partial charge in [-0.05, 0) is 44.3 Å². The molecule has 0 aliphatic carbocycles. The van der Waals surface area contributed by atoms with Gasteiger partial charge in [0.15, 0.2) is 5.13 Å². The molecule has 0 unspecified atom stereocenters. The lowest BCUT2D eigenvalue weighted by molar-refractivity contribution is -0.0684. The highest BCUT2D eigenvalue weighted by atomic mass is 32.1. The van der Waals surface area contributed by atoms with Crippen LogP contribution in [0.2, 0.25) is 0 Å². The van der Waals surface area contributed by atoms with Crippen LogP contribution in [0.15, 0.2) is 42.5 Å². The molecule has 1 fully saturated rings. The number of carbonyl (C=O) groups excluding carboxylic acids is 1. The molecule has 1 aliphatic heterocycles. The molecule has 0 saturated carbocycles. The summed E-state index contributed by atoms with van der Waals surface area (Å²) in [6.45, 7) is 3.81. The van der Waals surface area contributed by atoms with Gasteiger partial charge in [0.25, 0.3) is 5.91 Å². The summed E-state index contributed by atoms with van der Waals surface area (Å²) in [5.74, 6) is 0.0166. The van der Waals surface area contributed by atoms with Crippen LogP contribution >= 0.6 is 11.3 Å². The number of ether oxygens (including phenoxy) is 1. The van der Waals surface area contributed by atoms with E-state index in [9.17, 15) is 4.79 Å². The summed E-state index contributed by atoms with van der Waals surface area (Å²) < 4.78 is 7.05. The summed E-state index contributed by atoms with van der Waals surface area (Å²) in [5.41, 5.74) is 9.48. The van der Waals surface area contributed by atoms with Gasteiger partial charge in [-0.25, -0.2) is 4.98 Å². The number of hydrogen-bond donors (Lipinski definition) is 1. The van der Waals surface area contributed by atoms with E-state index in [0.717, 1.165) is 27.9 Å². The summed E-state index contributed by atoms with van der Waals surface area (Å²) >= 11 is 1.42. The Balaban J connectivity index is 1.73. The number of fused-ring (bicyclic) bond motifs is 1. The maximum atomic E-state index is 13.6. The number of nitrogens with two attached hydrogens (primary N) is 1. The zero-order chi connectivity index (χ0) is 20.5. The molecule has 2 N–H and O–H groups in total. The third-order valence-electron chi connectivity index (χ3n) is 5.25. The van der Waals surface area contributed by atoms with Gasteiger partial charge in [0.2, 0.25) is 0 Å². The van der Waals surface area contributed by atoms with E-state index >= 15 is 0 Å². The van der Waals surface area contributed by atoms with E-state index in [1.165, 1.54) is 11.3 Å². The number of thiazole rings is 1. The van der Waals surface area contributed by atoms with Gasteiger partial charge in [-0.1, -0.05) is 41.7 Å². The average Bonchev–Trinajstić information content (AvgIpc) is 3.08. The van der Waals surface area contributed by atoms with E-state index in [1.54, 1.807) is 0 Å². The normalized spacial score (nSPS) is 19.8. The maximum absolute atomic E-state index is 13.6. The molecule has 1 amide bonds. The minimum absolute atomic E-state index is 0.0166. The van der Waals surface area contributed by atoms with Gasteiger partial charge in [-0.3, -0.25) is 4.79 Å². The van der Waals surface area contributed by atoms with Crippen molar-refractivity contribution in [3.05, 3.63) is 59.2 Å². The Bertz CT molecular complexity index is 1020. The molecule has 152 valence electrons. The summed E-state index contributed by atoms with van der Waals surface area (Å²) in [6.07, 6.45) is -0.0889. The van der Waals surface area contributed by atoms with Crippen LogP contribution in [0.1, 0.15) is 27.5 Å². The molecule has 0 spiro atoms. The molecular formula is C22H26N4O2S. The largest absolute Gasteiger partial charge is 0.375 e. The monoisotopic (exact) mass is 410 g/mol. The number of amides is 1. The topological polar surface area (TPSA) is 71.7 Å². The van der Waals surface area contributed by atoms with Gasteiger partial charge in [0.1, 0.15) is 0 Å². The second-order valence-electron chi connectivity index (χ2n) is 7.72. The molecule has 1 aromatic heterocycles. The molecule has 4 rings (SSSR count). The number of benzene rings is 2. The summed E-state index contributed by atoms with van der Waals surface area (Å²) in [5, 5.41) is 0.521. The third-order valence-corrected chi connectivity index (χ3v) is 6.08. The van der Waals surface area contributed by atoms with Crippen LogP contribution in [0.5, 0.6) is 0 Å². The Hall–Kier alpha value is -2.48. The molecule has 7 heteroatoms. The number of aryl methyl sites for hydroxylation is 1. The van der Waals surface area contributed by atoms with Crippen molar-refractivity contribution in [2.24, 2.45) is 0 Å². The smallest absolute Gasteiger partial charge is 0.254 e. The van der Waals surface area contributed by atoms with Crippen LogP contribution in [-0.2, 0) is 4.74 Å². The number of hydrogen-bond acceptors (Lipinski definition) is 6. The Kier molecular flexibility index (Phi) is 5.54. The first-order valence-electron chi connectivity index (χ1n) is 9.73. The predicted molar refractivity (Wildman–Crippen MR) is 117 cm³/mol. The zero-order valence-electron chi connectivity index (χ0n) is 17.0. The number of aromatic nitrogens is 1. The third kappa shape index (κ3) is 3.99. The van der Waals surface area contributed by atoms with Gasteiger partial charge in [-0.15, -0.1) is 0 Å². The molecule has 1 aliphatic rings. The summed E-state index contributed by atoms with van der Waals surface area (Å²) in [4.78, 5) is 22.1. The van der Waals surface area contributed by atoms with Gasteiger partial charge < -0.3 is 20.3 Å². The number of anilines is 1. The molecule has 2 atom stereocenters. The standard InChI is InChI=1S/C22H26N4O2S/c1-14-11-16(12-18-19(14)24-22(23)29-18)21(27)26-9-10-28-17(13-25(2)3)20(26)15-7-5-4-6-8-15/h4-8,11-12,17,20H,9-10,13H2,1-3H3,(H2,23,24)/t17-,20-/m0/s1. The minimum atomic E-state index is -0.137. The van der Waals surface area contributed by atoms with E-state index in [2.05, 4.69) is 22.0 Å². The Morgan fingerprint density at radius 3 is 2.79 bits per heavy atom. The maximum Gasteiger partial charge on any atom is 0.254 e. The van der Waals surface area contributed by atoms with E-state index in [1.807, 2.05) is 56.3 Å². The Labute approximate surface area is 174 Å². The lowest BCUT2D eigenvalue weighted by atomic mass is 9.96. The van der Waals surface area contributed by atoms with E-state index in [4.69, 9.17) is 10.5 Å².